The first-order valence-corrected chi connectivity index (χ1v) is 6.05. The van der Waals surface area contributed by atoms with Crippen LogP contribution in [0.2, 0.25) is 0 Å². The molecule has 2 aromatic rings. The van der Waals surface area contributed by atoms with Crippen molar-refractivity contribution in [3.63, 3.8) is 0 Å². The number of rotatable bonds is 2. The van der Waals surface area contributed by atoms with Gasteiger partial charge in [-0.05, 0) is 18.6 Å². The molecule has 1 aromatic heterocycles. The molecule has 7 heteroatoms. The second-order valence-corrected chi connectivity index (χ2v) is 4.64. The highest BCUT2D eigenvalue weighted by atomic mass is 19.1. The highest BCUT2D eigenvalue weighted by Gasteiger charge is 2.23. The summed E-state index contributed by atoms with van der Waals surface area (Å²) in [6, 6.07) is 3.91. The molecular formula is C12H14FN5O. The largest absolute Gasteiger partial charge is 0.507 e. The van der Waals surface area contributed by atoms with E-state index in [0.717, 1.165) is 19.0 Å². The molecule has 1 saturated heterocycles. The van der Waals surface area contributed by atoms with Crippen LogP contribution >= 0.6 is 0 Å². The van der Waals surface area contributed by atoms with E-state index in [-0.39, 0.29) is 11.8 Å². The zero-order valence-corrected chi connectivity index (χ0v) is 10.2. The van der Waals surface area contributed by atoms with Gasteiger partial charge in [-0.1, -0.05) is 0 Å². The van der Waals surface area contributed by atoms with Crippen LogP contribution in [0.4, 0.5) is 10.3 Å². The Labute approximate surface area is 109 Å². The zero-order chi connectivity index (χ0) is 13.4. The molecule has 1 fully saturated rings. The molecule has 1 atom stereocenters. The van der Waals surface area contributed by atoms with E-state index in [9.17, 15) is 9.50 Å². The van der Waals surface area contributed by atoms with Crippen molar-refractivity contribution in [3.05, 3.63) is 24.0 Å². The van der Waals surface area contributed by atoms with E-state index in [1.807, 2.05) is 4.90 Å². The molecule has 100 valence electrons. The van der Waals surface area contributed by atoms with Gasteiger partial charge in [0.25, 0.3) is 0 Å². The monoisotopic (exact) mass is 263 g/mol. The fourth-order valence-corrected chi connectivity index (χ4v) is 2.19. The van der Waals surface area contributed by atoms with Gasteiger partial charge < -0.3 is 15.7 Å². The number of aromatic nitrogens is 3. The van der Waals surface area contributed by atoms with Gasteiger partial charge in [0, 0.05) is 25.2 Å². The first kappa shape index (κ1) is 11.9. The summed E-state index contributed by atoms with van der Waals surface area (Å²) in [4.78, 5) is 6.29. The summed E-state index contributed by atoms with van der Waals surface area (Å²) in [6.07, 6.45) is 0.908. The van der Waals surface area contributed by atoms with Crippen LogP contribution in [0.25, 0.3) is 11.4 Å². The van der Waals surface area contributed by atoms with Gasteiger partial charge in [-0.25, -0.2) is 4.39 Å². The standard InChI is InChI=1S/C12H14FN5O/c13-7-1-2-9(10(19)5-7)11-15-12(17-16-11)18-4-3-8(14)6-18/h1-2,5,8,19H,3-4,6,14H2,(H,15,16,17). The summed E-state index contributed by atoms with van der Waals surface area (Å²) < 4.78 is 12.9. The summed E-state index contributed by atoms with van der Waals surface area (Å²) in [5.74, 6) is 0.298. The van der Waals surface area contributed by atoms with E-state index in [1.54, 1.807) is 0 Å². The number of anilines is 1. The number of hydrogen-bond acceptors (Lipinski definition) is 5. The van der Waals surface area contributed by atoms with Gasteiger partial charge in [0.2, 0.25) is 5.95 Å². The van der Waals surface area contributed by atoms with E-state index >= 15 is 0 Å². The van der Waals surface area contributed by atoms with Crippen molar-refractivity contribution in [2.24, 2.45) is 5.73 Å². The van der Waals surface area contributed by atoms with Gasteiger partial charge in [-0.3, -0.25) is 5.10 Å². The van der Waals surface area contributed by atoms with Crippen LogP contribution in [0.3, 0.4) is 0 Å². The fourth-order valence-electron chi connectivity index (χ4n) is 2.19. The normalized spacial score (nSPS) is 19.1. The Hall–Kier alpha value is -2.15. The van der Waals surface area contributed by atoms with Gasteiger partial charge in [-0.15, -0.1) is 5.10 Å². The summed E-state index contributed by atoms with van der Waals surface area (Å²) in [6.45, 7) is 1.53. The Bertz CT molecular complexity index is 600. The van der Waals surface area contributed by atoms with Gasteiger partial charge in [0.05, 0.1) is 5.56 Å². The Morgan fingerprint density at radius 3 is 3.00 bits per heavy atom. The molecule has 0 aliphatic carbocycles. The quantitative estimate of drug-likeness (QED) is 0.747. The molecule has 0 amide bonds. The molecule has 6 nitrogen and oxygen atoms in total. The topological polar surface area (TPSA) is 91.1 Å². The maximum atomic E-state index is 12.9. The number of halogens is 1. The number of benzene rings is 1. The number of nitrogens with one attached hydrogen (secondary N) is 1. The first-order valence-electron chi connectivity index (χ1n) is 6.05. The predicted octanol–water partition coefficient (Wildman–Crippen LogP) is 0.854. The molecule has 0 spiro atoms. The first-order chi connectivity index (χ1) is 9.13. The molecule has 1 aromatic carbocycles. The lowest BCUT2D eigenvalue weighted by Gasteiger charge is -2.11. The van der Waals surface area contributed by atoms with Gasteiger partial charge in [0.1, 0.15) is 11.6 Å². The Balaban J connectivity index is 1.88. The molecule has 1 aliphatic heterocycles. The summed E-state index contributed by atoms with van der Waals surface area (Å²) >= 11 is 0. The third-order valence-electron chi connectivity index (χ3n) is 3.20. The van der Waals surface area contributed by atoms with E-state index in [2.05, 4.69) is 15.2 Å². The summed E-state index contributed by atoms with van der Waals surface area (Å²) in [5.41, 5.74) is 6.25. The Morgan fingerprint density at radius 2 is 2.32 bits per heavy atom. The molecule has 2 heterocycles. The average Bonchev–Trinajstić information content (AvgIpc) is 2.97. The highest BCUT2D eigenvalue weighted by molar-refractivity contribution is 5.64. The van der Waals surface area contributed by atoms with E-state index in [0.29, 0.717) is 23.9 Å². The number of phenols is 1. The number of nitrogens with zero attached hydrogens (tertiary/aromatic N) is 3. The number of aromatic hydroxyl groups is 1. The van der Waals surface area contributed by atoms with Crippen molar-refractivity contribution in [2.75, 3.05) is 18.0 Å². The van der Waals surface area contributed by atoms with Crippen LogP contribution in [0.15, 0.2) is 18.2 Å². The van der Waals surface area contributed by atoms with Gasteiger partial charge in [-0.2, -0.15) is 4.98 Å². The minimum absolute atomic E-state index is 0.140. The third kappa shape index (κ3) is 2.24. The number of hydrogen-bond donors (Lipinski definition) is 3. The number of aromatic amines is 1. The predicted molar refractivity (Wildman–Crippen MR) is 68.2 cm³/mol. The van der Waals surface area contributed by atoms with Gasteiger partial charge >= 0.3 is 0 Å². The number of nitrogens with two attached hydrogens (primary N) is 1. The third-order valence-corrected chi connectivity index (χ3v) is 3.20. The fraction of sp³-hybridized carbons (Fsp3) is 0.333. The Kier molecular flexibility index (Phi) is 2.83. The van der Waals surface area contributed by atoms with Crippen LogP contribution in [0.1, 0.15) is 6.42 Å². The minimum atomic E-state index is -0.494. The van der Waals surface area contributed by atoms with Crippen LogP contribution in [-0.4, -0.2) is 39.4 Å². The van der Waals surface area contributed by atoms with Gasteiger partial charge in [0.15, 0.2) is 5.82 Å². The van der Waals surface area contributed by atoms with E-state index < -0.39 is 5.82 Å². The molecule has 19 heavy (non-hydrogen) atoms. The lowest BCUT2D eigenvalue weighted by atomic mass is 10.2. The van der Waals surface area contributed by atoms with Crippen LogP contribution in [0, 0.1) is 5.82 Å². The smallest absolute Gasteiger partial charge is 0.245 e. The van der Waals surface area contributed by atoms with E-state index in [4.69, 9.17) is 5.73 Å². The van der Waals surface area contributed by atoms with Crippen molar-refractivity contribution in [2.45, 2.75) is 12.5 Å². The second-order valence-electron chi connectivity index (χ2n) is 4.64. The lowest BCUT2D eigenvalue weighted by molar-refractivity contribution is 0.470. The maximum absolute atomic E-state index is 12.9. The van der Waals surface area contributed by atoms with Crippen LogP contribution in [0.5, 0.6) is 5.75 Å². The van der Waals surface area contributed by atoms with Crippen molar-refractivity contribution in [1.29, 1.82) is 0 Å². The molecule has 1 unspecified atom stereocenters. The van der Waals surface area contributed by atoms with E-state index in [1.165, 1.54) is 12.1 Å². The van der Waals surface area contributed by atoms with Crippen molar-refractivity contribution < 1.29 is 9.50 Å². The molecule has 0 saturated carbocycles. The molecular weight excluding hydrogens is 249 g/mol. The molecule has 3 rings (SSSR count). The zero-order valence-electron chi connectivity index (χ0n) is 10.2. The highest BCUT2D eigenvalue weighted by Crippen LogP contribution is 2.28. The molecule has 4 N–H and O–H groups in total. The summed E-state index contributed by atoms with van der Waals surface area (Å²) in [7, 11) is 0. The average molecular weight is 263 g/mol. The molecule has 1 aliphatic rings. The van der Waals surface area contributed by atoms with Crippen molar-refractivity contribution >= 4 is 5.95 Å². The van der Waals surface area contributed by atoms with Crippen LogP contribution in [-0.2, 0) is 0 Å². The minimum Gasteiger partial charge on any atom is -0.507 e. The van der Waals surface area contributed by atoms with Crippen LogP contribution < -0.4 is 10.6 Å². The number of H-pyrrole nitrogens is 1. The lowest BCUT2D eigenvalue weighted by Crippen LogP contribution is -2.26. The SMILES string of the molecule is NC1CCN(c2n[nH]c(-c3ccc(F)cc3O)n2)C1. The van der Waals surface area contributed by atoms with Crippen molar-refractivity contribution in [1.82, 2.24) is 15.2 Å². The molecule has 0 bridgehead atoms. The van der Waals surface area contributed by atoms with Crippen molar-refractivity contribution in [3.8, 4) is 17.1 Å². The number of phenolic OH excluding ortho intramolecular Hbond substituents is 1. The summed E-state index contributed by atoms with van der Waals surface area (Å²) in [5, 5.41) is 16.6. The molecule has 0 radical (unpaired) electrons. The Morgan fingerprint density at radius 1 is 1.47 bits per heavy atom. The maximum Gasteiger partial charge on any atom is 0.245 e. The second kappa shape index (κ2) is 4.51.